The summed E-state index contributed by atoms with van der Waals surface area (Å²) < 4.78 is 13.9. The standard InChI is InChI=1S/C31H31N3O5S/c1-19-22-26(35)34(31(5,6)28(36)39-30(2,3)4)29(37)33(27(22)40-24(19)25-32-17-18-38-25)23(20-13-9-7-10-14-20)21-15-11-8-12-16-21/h7-18,23H,1-6H3. The minimum absolute atomic E-state index is 0.325. The highest BCUT2D eigenvalue weighted by Gasteiger charge is 2.39. The van der Waals surface area contributed by atoms with E-state index in [-0.39, 0.29) is 0 Å². The Morgan fingerprint density at radius 1 is 0.950 bits per heavy atom. The molecule has 3 heterocycles. The molecule has 5 aromatic rings. The molecule has 0 atom stereocenters. The van der Waals surface area contributed by atoms with Gasteiger partial charge < -0.3 is 9.15 Å². The summed E-state index contributed by atoms with van der Waals surface area (Å²) in [5.74, 6) is -0.326. The number of aromatic nitrogens is 3. The molecule has 0 saturated carbocycles. The summed E-state index contributed by atoms with van der Waals surface area (Å²) >= 11 is 1.27. The zero-order valence-electron chi connectivity index (χ0n) is 23.3. The number of hydrogen-bond donors (Lipinski definition) is 0. The van der Waals surface area contributed by atoms with Crippen LogP contribution < -0.4 is 11.2 Å². The lowest BCUT2D eigenvalue weighted by Crippen LogP contribution is -2.54. The largest absolute Gasteiger partial charge is 0.458 e. The normalized spacial score (nSPS) is 12.3. The van der Waals surface area contributed by atoms with Gasteiger partial charge in [-0.1, -0.05) is 60.7 Å². The highest BCUT2D eigenvalue weighted by atomic mass is 32.1. The molecule has 0 N–H and O–H groups in total. The van der Waals surface area contributed by atoms with Gasteiger partial charge in [0.1, 0.15) is 22.2 Å². The van der Waals surface area contributed by atoms with Crippen LogP contribution in [0.25, 0.3) is 21.0 Å². The monoisotopic (exact) mass is 557 g/mol. The van der Waals surface area contributed by atoms with E-state index in [1.54, 1.807) is 32.3 Å². The number of ether oxygens (including phenoxy) is 1. The number of carbonyl (C=O) groups excluding carboxylic acids is 1. The van der Waals surface area contributed by atoms with Crippen LogP contribution in [-0.4, -0.2) is 25.7 Å². The number of thiophene rings is 1. The van der Waals surface area contributed by atoms with Crippen LogP contribution in [0.4, 0.5) is 0 Å². The molecule has 0 saturated heterocycles. The third-order valence-electron chi connectivity index (χ3n) is 6.73. The molecule has 5 rings (SSSR count). The third-order valence-corrected chi connectivity index (χ3v) is 8.01. The number of oxazole rings is 1. The first-order valence-corrected chi connectivity index (χ1v) is 13.8. The molecule has 0 aliphatic carbocycles. The van der Waals surface area contributed by atoms with Gasteiger partial charge in [-0.2, -0.15) is 0 Å². The lowest BCUT2D eigenvalue weighted by atomic mass is 9.98. The highest BCUT2D eigenvalue weighted by molar-refractivity contribution is 7.22. The molecular weight excluding hydrogens is 526 g/mol. The molecule has 9 heteroatoms. The van der Waals surface area contributed by atoms with Gasteiger partial charge in [0.25, 0.3) is 5.56 Å². The summed E-state index contributed by atoms with van der Waals surface area (Å²) in [6.07, 6.45) is 3.00. The van der Waals surface area contributed by atoms with Gasteiger partial charge in [-0.25, -0.2) is 19.1 Å². The van der Waals surface area contributed by atoms with Crippen molar-refractivity contribution in [2.75, 3.05) is 0 Å². The van der Waals surface area contributed by atoms with E-state index in [0.29, 0.717) is 26.5 Å². The van der Waals surface area contributed by atoms with E-state index in [9.17, 15) is 14.4 Å². The number of rotatable bonds is 6. The molecule has 40 heavy (non-hydrogen) atoms. The van der Waals surface area contributed by atoms with Crippen molar-refractivity contribution in [3.8, 4) is 10.8 Å². The van der Waals surface area contributed by atoms with Crippen LogP contribution in [0.2, 0.25) is 0 Å². The van der Waals surface area contributed by atoms with E-state index < -0.39 is 34.4 Å². The lowest BCUT2D eigenvalue weighted by molar-refractivity contribution is -0.164. The van der Waals surface area contributed by atoms with Gasteiger partial charge >= 0.3 is 11.7 Å². The molecule has 8 nitrogen and oxygen atoms in total. The van der Waals surface area contributed by atoms with Gasteiger partial charge in [0, 0.05) is 0 Å². The van der Waals surface area contributed by atoms with E-state index in [4.69, 9.17) is 9.15 Å². The van der Waals surface area contributed by atoms with Crippen molar-refractivity contribution in [2.24, 2.45) is 0 Å². The highest BCUT2D eigenvalue weighted by Crippen LogP contribution is 2.38. The van der Waals surface area contributed by atoms with E-state index >= 15 is 0 Å². The molecule has 206 valence electrons. The van der Waals surface area contributed by atoms with Crippen LogP contribution in [0.1, 0.15) is 57.4 Å². The number of aryl methyl sites for hydroxylation is 1. The minimum Gasteiger partial charge on any atom is -0.458 e. The quantitative estimate of drug-likeness (QED) is 0.241. The smallest absolute Gasteiger partial charge is 0.333 e. The summed E-state index contributed by atoms with van der Waals surface area (Å²) in [5.41, 5.74) is -1.29. The second-order valence-corrected chi connectivity index (χ2v) is 12.2. The van der Waals surface area contributed by atoms with Crippen LogP contribution >= 0.6 is 11.3 Å². The van der Waals surface area contributed by atoms with Crippen molar-refractivity contribution in [3.05, 3.63) is 111 Å². The fourth-order valence-electron chi connectivity index (χ4n) is 4.83. The lowest BCUT2D eigenvalue weighted by Gasteiger charge is -2.31. The Morgan fingerprint density at radius 3 is 2.02 bits per heavy atom. The van der Waals surface area contributed by atoms with E-state index in [0.717, 1.165) is 15.7 Å². The number of hydrogen-bond acceptors (Lipinski definition) is 7. The summed E-state index contributed by atoms with van der Waals surface area (Å²) in [6.45, 7) is 10.1. The van der Waals surface area contributed by atoms with Crippen molar-refractivity contribution in [2.45, 2.75) is 58.7 Å². The van der Waals surface area contributed by atoms with Crippen molar-refractivity contribution in [1.29, 1.82) is 0 Å². The Labute approximate surface area is 235 Å². The summed E-state index contributed by atoms with van der Waals surface area (Å²) in [4.78, 5) is 47.7. The maximum atomic E-state index is 14.6. The van der Waals surface area contributed by atoms with Crippen LogP contribution in [0.3, 0.4) is 0 Å². The van der Waals surface area contributed by atoms with E-state index in [1.807, 2.05) is 60.7 Å². The number of fused-ring (bicyclic) bond motifs is 1. The van der Waals surface area contributed by atoms with Crippen molar-refractivity contribution < 1.29 is 13.9 Å². The molecule has 0 fully saturated rings. The topological polar surface area (TPSA) is 96.3 Å². The predicted octanol–water partition coefficient (Wildman–Crippen LogP) is 5.90. The molecule has 0 radical (unpaired) electrons. The first kappa shape index (κ1) is 27.3. The van der Waals surface area contributed by atoms with Gasteiger partial charge in [0.2, 0.25) is 5.89 Å². The summed E-state index contributed by atoms with van der Waals surface area (Å²) in [6, 6.07) is 18.6. The van der Waals surface area contributed by atoms with Crippen molar-refractivity contribution in [3.63, 3.8) is 0 Å². The Hall–Kier alpha value is -4.24. The third kappa shape index (κ3) is 4.70. The van der Waals surface area contributed by atoms with Gasteiger partial charge in [0.15, 0.2) is 0 Å². The number of esters is 1. The molecule has 0 spiro atoms. The van der Waals surface area contributed by atoms with Gasteiger partial charge in [-0.05, 0) is 58.2 Å². The molecule has 0 amide bonds. The number of benzene rings is 2. The molecule has 0 unspecified atom stereocenters. The van der Waals surface area contributed by atoms with Gasteiger partial charge in [-0.15, -0.1) is 11.3 Å². The molecular formula is C31H31N3O5S. The van der Waals surface area contributed by atoms with Crippen LogP contribution in [0, 0.1) is 6.92 Å². The second-order valence-electron chi connectivity index (χ2n) is 11.2. The Morgan fingerprint density at radius 2 is 1.52 bits per heavy atom. The Balaban J connectivity index is 1.93. The number of carbonyl (C=O) groups is 1. The summed E-state index contributed by atoms with van der Waals surface area (Å²) in [7, 11) is 0. The molecule has 0 aliphatic rings. The molecule has 0 aliphatic heterocycles. The molecule has 0 bridgehead atoms. The average molecular weight is 558 g/mol. The fraction of sp³-hybridized carbons (Fsp3) is 0.290. The van der Waals surface area contributed by atoms with Crippen LogP contribution in [0.5, 0.6) is 0 Å². The molecule has 3 aromatic heterocycles. The average Bonchev–Trinajstić information content (AvgIpc) is 3.54. The first-order valence-electron chi connectivity index (χ1n) is 13.0. The zero-order chi connectivity index (χ0) is 28.8. The zero-order valence-corrected chi connectivity index (χ0v) is 24.1. The fourth-order valence-corrected chi connectivity index (χ4v) is 6.09. The summed E-state index contributed by atoms with van der Waals surface area (Å²) in [5, 5.41) is 0.325. The predicted molar refractivity (Wildman–Crippen MR) is 156 cm³/mol. The maximum absolute atomic E-state index is 14.6. The number of nitrogens with zero attached hydrogens (tertiary/aromatic N) is 3. The maximum Gasteiger partial charge on any atom is 0.333 e. The van der Waals surface area contributed by atoms with Gasteiger partial charge in [0.05, 0.1) is 22.5 Å². The Bertz CT molecular complexity index is 1750. The van der Waals surface area contributed by atoms with E-state index in [2.05, 4.69) is 4.98 Å². The SMILES string of the molecule is Cc1c(-c2ncco2)sc2c1c(=O)n(C(C)(C)C(=O)OC(C)(C)C)c(=O)n2C(c1ccccc1)c1ccccc1. The molecule has 2 aromatic carbocycles. The van der Waals surface area contributed by atoms with Crippen LogP contribution in [0.15, 0.2) is 87.1 Å². The Kier molecular flexibility index (Phi) is 6.87. The first-order chi connectivity index (χ1) is 18.9. The minimum atomic E-state index is -1.60. The van der Waals surface area contributed by atoms with E-state index in [1.165, 1.54) is 37.6 Å². The van der Waals surface area contributed by atoms with Crippen molar-refractivity contribution in [1.82, 2.24) is 14.1 Å². The second kappa shape index (κ2) is 10.1. The van der Waals surface area contributed by atoms with Gasteiger partial charge in [-0.3, -0.25) is 9.36 Å². The van der Waals surface area contributed by atoms with Crippen LogP contribution in [-0.2, 0) is 15.1 Å². The van der Waals surface area contributed by atoms with Crippen molar-refractivity contribution >= 4 is 27.5 Å².